The van der Waals surface area contributed by atoms with Crippen LogP contribution < -0.4 is 10.6 Å². The molecular formula is C20H20Cl2FN3O4. The predicted octanol–water partition coefficient (Wildman–Crippen LogP) is 3.85. The molecule has 0 aliphatic rings. The van der Waals surface area contributed by atoms with Gasteiger partial charge in [0, 0.05) is 11.8 Å². The van der Waals surface area contributed by atoms with Crippen LogP contribution in [0.25, 0.3) is 0 Å². The summed E-state index contributed by atoms with van der Waals surface area (Å²) in [5.41, 5.74) is 0.184. The van der Waals surface area contributed by atoms with E-state index < -0.39 is 35.7 Å². The molecule has 0 aliphatic carbocycles. The summed E-state index contributed by atoms with van der Waals surface area (Å²) in [5.74, 6) is -2.77. The molecule has 2 aromatic rings. The first-order chi connectivity index (χ1) is 14.1. The maximum absolute atomic E-state index is 13.0. The molecule has 1 heterocycles. The van der Waals surface area contributed by atoms with Crippen LogP contribution in [-0.2, 0) is 14.3 Å². The minimum atomic E-state index is -1.19. The average Bonchev–Trinajstić information content (AvgIpc) is 2.68. The monoisotopic (exact) mass is 455 g/mol. The van der Waals surface area contributed by atoms with Crippen molar-refractivity contribution in [3.05, 3.63) is 58.0 Å². The number of anilines is 1. The molecule has 0 bridgehead atoms. The van der Waals surface area contributed by atoms with E-state index in [1.165, 1.54) is 31.3 Å². The maximum Gasteiger partial charge on any atom is 0.329 e. The predicted molar refractivity (Wildman–Crippen MR) is 111 cm³/mol. The lowest BCUT2D eigenvalue weighted by Gasteiger charge is -2.23. The third-order valence-corrected chi connectivity index (χ3v) is 4.52. The van der Waals surface area contributed by atoms with Crippen molar-refractivity contribution in [2.75, 3.05) is 5.32 Å². The van der Waals surface area contributed by atoms with Gasteiger partial charge in [-0.05, 0) is 43.2 Å². The van der Waals surface area contributed by atoms with Crippen molar-refractivity contribution >= 4 is 46.8 Å². The molecule has 2 N–H and O–H groups in total. The first-order valence-electron chi connectivity index (χ1n) is 8.97. The molecule has 0 fully saturated rings. The van der Waals surface area contributed by atoms with Gasteiger partial charge in [-0.1, -0.05) is 37.0 Å². The molecule has 30 heavy (non-hydrogen) atoms. The van der Waals surface area contributed by atoms with Gasteiger partial charge in [0.2, 0.25) is 0 Å². The van der Waals surface area contributed by atoms with E-state index in [4.69, 9.17) is 27.9 Å². The zero-order valence-corrected chi connectivity index (χ0v) is 17.9. The number of benzene rings is 1. The Labute approximate surface area is 182 Å². The fourth-order valence-electron chi connectivity index (χ4n) is 2.35. The van der Waals surface area contributed by atoms with Gasteiger partial charge < -0.3 is 15.4 Å². The van der Waals surface area contributed by atoms with Crippen LogP contribution in [0.2, 0.25) is 10.0 Å². The van der Waals surface area contributed by atoms with Gasteiger partial charge in [-0.3, -0.25) is 9.59 Å². The molecule has 0 spiro atoms. The van der Waals surface area contributed by atoms with Crippen LogP contribution in [0.4, 0.5) is 10.2 Å². The molecule has 0 saturated heterocycles. The molecule has 0 radical (unpaired) electrons. The number of hydrogen-bond acceptors (Lipinski definition) is 5. The molecule has 160 valence electrons. The number of ether oxygens (including phenoxy) is 1. The smallest absolute Gasteiger partial charge is 0.329 e. The fraction of sp³-hybridized carbons (Fsp3) is 0.300. The largest absolute Gasteiger partial charge is 0.451 e. The Kier molecular flexibility index (Phi) is 8.14. The molecule has 7 nitrogen and oxygen atoms in total. The number of aromatic nitrogens is 1. The van der Waals surface area contributed by atoms with Crippen molar-refractivity contribution in [2.45, 2.75) is 32.9 Å². The number of hydrogen-bond donors (Lipinski definition) is 2. The Morgan fingerprint density at radius 2 is 1.73 bits per heavy atom. The summed E-state index contributed by atoms with van der Waals surface area (Å²) in [5, 5.41) is 5.41. The van der Waals surface area contributed by atoms with Gasteiger partial charge in [0.1, 0.15) is 11.9 Å². The fourth-order valence-corrected chi connectivity index (χ4v) is 2.78. The Hall–Kier alpha value is -2.71. The quantitative estimate of drug-likeness (QED) is 0.617. The normalized spacial score (nSPS) is 12.8. The van der Waals surface area contributed by atoms with Crippen LogP contribution in [0.1, 0.15) is 31.1 Å². The van der Waals surface area contributed by atoms with Gasteiger partial charge in [0.15, 0.2) is 11.9 Å². The Morgan fingerprint density at radius 1 is 1.10 bits per heavy atom. The summed E-state index contributed by atoms with van der Waals surface area (Å²) >= 11 is 11.7. The lowest BCUT2D eigenvalue weighted by atomic mass is 10.0. The van der Waals surface area contributed by atoms with Crippen LogP contribution >= 0.6 is 23.2 Å². The maximum atomic E-state index is 13.0. The Balaban J connectivity index is 2.01. The number of esters is 1. The highest BCUT2D eigenvalue weighted by Crippen LogP contribution is 2.22. The summed E-state index contributed by atoms with van der Waals surface area (Å²) in [6, 6.07) is 5.26. The summed E-state index contributed by atoms with van der Waals surface area (Å²) in [4.78, 5) is 41.1. The highest BCUT2D eigenvalue weighted by molar-refractivity contribution is 6.36. The van der Waals surface area contributed by atoms with Crippen molar-refractivity contribution in [2.24, 2.45) is 5.92 Å². The number of nitrogens with zero attached hydrogens (tertiary/aromatic N) is 1. The zero-order chi connectivity index (χ0) is 22.4. The van der Waals surface area contributed by atoms with Crippen LogP contribution in [-0.4, -0.2) is 34.9 Å². The highest BCUT2D eigenvalue weighted by atomic mass is 35.5. The summed E-state index contributed by atoms with van der Waals surface area (Å²) in [6.07, 6.45) is 0.120. The van der Waals surface area contributed by atoms with Gasteiger partial charge in [0.05, 0.1) is 10.0 Å². The van der Waals surface area contributed by atoms with Crippen molar-refractivity contribution in [1.29, 1.82) is 0 Å². The second-order valence-electron chi connectivity index (χ2n) is 6.75. The third kappa shape index (κ3) is 6.40. The summed E-state index contributed by atoms with van der Waals surface area (Å²) in [6.45, 7) is 4.79. The molecule has 1 aromatic heterocycles. The number of carbonyl (C=O) groups is 3. The van der Waals surface area contributed by atoms with Crippen molar-refractivity contribution in [3.63, 3.8) is 0 Å². The first-order valence-corrected chi connectivity index (χ1v) is 9.73. The molecule has 2 amide bonds. The van der Waals surface area contributed by atoms with Gasteiger partial charge in [-0.25, -0.2) is 14.2 Å². The number of carbonyl (C=O) groups excluding carboxylic acids is 3. The van der Waals surface area contributed by atoms with Crippen LogP contribution in [0, 0.1) is 11.7 Å². The minimum absolute atomic E-state index is 0.0685. The summed E-state index contributed by atoms with van der Waals surface area (Å²) < 4.78 is 18.2. The number of pyridine rings is 1. The average molecular weight is 456 g/mol. The van der Waals surface area contributed by atoms with Gasteiger partial charge >= 0.3 is 5.97 Å². The van der Waals surface area contributed by atoms with E-state index in [1.54, 1.807) is 13.8 Å². The second kappa shape index (κ2) is 10.4. The number of amides is 2. The van der Waals surface area contributed by atoms with E-state index in [2.05, 4.69) is 15.6 Å². The Bertz CT molecular complexity index is 938. The lowest BCUT2D eigenvalue weighted by Crippen LogP contribution is -2.47. The van der Waals surface area contributed by atoms with Gasteiger partial charge in [-0.15, -0.1) is 0 Å². The minimum Gasteiger partial charge on any atom is -0.451 e. The molecule has 10 heteroatoms. The van der Waals surface area contributed by atoms with Crippen molar-refractivity contribution < 1.29 is 23.5 Å². The molecule has 2 rings (SSSR count). The zero-order valence-electron chi connectivity index (χ0n) is 16.4. The molecule has 2 unspecified atom stereocenters. The standard InChI is InChI=1S/C20H20Cl2FN3O4/c1-10(2)16(25-19(28)12-4-6-14(23)7-5-12)20(29)30-11(3)18(27)26-17-15(22)8-13(21)9-24-17/h4-11,16H,1-3H3,(H,25,28)(H,24,26,27). The first kappa shape index (κ1) is 23.6. The molecule has 0 saturated carbocycles. The van der Waals surface area contributed by atoms with E-state index in [9.17, 15) is 18.8 Å². The van der Waals surface area contributed by atoms with Crippen LogP contribution in [0.5, 0.6) is 0 Å². The lowest BCUT2D eigenvalue weighted by molar-refractivity contribution is -0.156. The van der Waals surface area contributed by atoms with Crippen molar-refractivity contribution in [1.82, 2.24) is 10.3 Å². The molecule has 0 aliphatic heterocycles. The number of nitrogens with one attached hydrogen (secondary N) is 2. The van der Waals surface area contributed by atoms with E-state index >= 15 is 0 Å². The van der Waals surface area contributed by atoms with E-state index in [1.807, 2.05) is 0 Å². The Morgan fingerprint density at radius 3 is 2.30 bits per heavy atom. The third-order valence-electron chi connectivity index (χ3n) is 4.03. The summed E-state index contributed by atoms with van der Waals surface area (Å²) in [7, 11) is 0. The molecule has 1 aromatic carbocycles. The number of halogens is 3. The van der Waals surface area contributed by atoms with Crippen molar-refractivity contribution in [3.8, 4) is 0 Å². The van der Waals surface area contributed by atoms with Crippen LogP contribution in [0.3, 0.4) is 0 Å². The van der Waals surface area contributed by atoms with E-state index in [-0.39, 0.29) is 22.3 Å². The SMILES string of the molecule is CC(OC(=O)C(NC(=O)c1ccc(F)cc1)C(C)C)C(=O)Nc1ncc(Cl)cc1Cl. The van der Waals surface area contributed by atoms with E-state index in [0.717, 1.165) is 12.1 Å². The number of rotatable bonds is 7. The van der Waals surface area contributed by atoms with Gasteiger partial charge in [0.25, 0.3) is 11.8 Å². The topological polar surface area (TPSA) is 97.4 Å². The highest BCUT2D eigenvalue weighted by Gasteiger charge is 2.29. The van der Waals surface area contributed by atoms with Crippen LogP contribution in [0.15, 0.2) is 36.5 Å². The second-order valence-corrected chi connectivity index (χ2v) is 7.60. The van der Waals surface area contributed by atoms with Gasteiger partial charge in [-0.2, -0.15) is 0 Å². The molecule has 2 atom stereocenters. The molecular weight excluding hydrogens is 436 g/mol. The van der Waals surface area contributed by atoms with E-state index in [0.29, 0.717) is 5.02 Å².